The Morgan fingerprint density at radius 2 is 1.87 bits per heavy atom. The van der Waals surface area contributed by atoms with E-state index in [4.69, 9.17) is 26.2 Å². The van der Waals surface area contributed by atoms with E-state index in [1.807, 2.05) is 54.4 Å². The zero-order valence-electron chi connectivity index (χ0n) is 16.4. The fraction of sp³-hybridized carbons (Fsp3) is 0.208. The van der Waals surface area contributed by atoms with Gasteiger partial charge in [-0.3, -0.25) is 0 Å². The summed E-state index contributed by atoms with van der Waals surface area (Å²) in [6.45, 7) is 2.59. The number of halogens is 2. The molecule has 152 valence electrons. The fourth-order valence-electron chi connectivity index (χ4n) is 3.99. The Kier molecular flexibility index (Phi) is 4.83. The van der Waals surface area contributed by atoms with E-state index >= 15 is 0 Å². The first-order valence-corrected chi connectivity index (χ1v) is 10.3. The molecule has 0 aliphatic carbocycles. The van der Waals surface area contributed by atoms with Gasteiger partial charge in [0.1, 0.15) is 17.3 Å². The van der Waals surface area contributed by atoms with Gasteiger partial charge in [0.25, 0.3) is 0 Å². The highest BCUT2D eigenvalue weighted by Gasteiger charge is 2.41. The van der Waals surface area contributed by atoms with Crippen molar-refractivity contribution in [3.05, 3.63) is 94.3 Å². The molecule has 2 atom stereocenters. The van der Waals surface area contributed by atoms with Crippen LogP contribution in [0.25, 0.3) is 0 Å². The molecular formula is C24H20ClFN2O2. The number of ether oxygens (including phenoxy) is 2. The van der Waals surface area contributed by atoms with E-state index in [0.29, 0.717) is 11.6 Å². The largest absolute Gasteiger partial charge is 0.494 e. The molecule has 6 heteroatoms. The van der Waals surface area contributed by atoms with Crippen LogP contribution in [0, 0.1) is 5.82 Å². The second kappa shape index (κ2) is 7.65. The van der Waals surface area contributed by atoms with Crippen LogP contribution in [-0.4, -0.2) is 17.3 Å². The molecule has 0 N–H and O–H groups in total. The SMILES string of the molecule is CCOc1ccc(C2=NN3[C@H](C2)c2cc(Cl)ccc2O[C@H]3c2ccc(F)cc2)cc1. The summed E-state index contributed by atoms with van der Waals surface area (Å²) < 4.78 is 25.3. The predicted molar refractivity (Wildman–Crippen MR) is 115 cm³/mol. The molecule has 2 aliphatic rings. The highest BCUT2D eigenvalue weighted by atomic mass is 35.5. The van der Waals surface area contributed by atoms with Gasteiger partial charge in [-0.15, -0.1) is 0 Å². The molecule has 0 fully saturated rings. The molecule has 0 spiro atoms. The van der Waals surface area contributed by atoms with Gasteiger partial charge in [-0.25, -0.2) is 9.40 Å². The lowest BCUT2D eigenvalue weighted by atomic mass is 9.96. The molecule has 2 aliphatic heterocycles. The fourth-order valence-corrected chi connectivity index (χ4v) is 4.17. The Morgan fingerprint density at radius 3 is 2.60 bits per heavy atom. The van der Waals surface area contributed by atoms with Crippen LogP contribution in [0.4, 0.5) is 4.39 Å². The van der Waals surface area contributed by atoms with E-state index in [1.54, 1.807) is 12.1 Å². The average Bonchev–Trinajstić information content (AvgIpc) is 3.21. The second-order valence-electron chi connectivity index (χ2n) is 7.31. The molecule has 4 nitrogen and oxygen atoms in total. The molecule has 0 unspecified atom stereocenters. The van der Waals surface area contributed by atoms with E-state index in [9.17, 15) is 4.39 Å². The van der Waals surface area contributed by atoms with Gasteiger partial charge >= 0.3 is 0 Å². The van der Waals surface area contributed by atoms with Crippen LogP contribution < -0.4 is 9.47 Å². The summed E-state index contributed by atoms with van der Waals surface area (Å²) in [5, 5.41) is 7.53. The summed E-state index contributed by atoms with van der Waals surface area (Å²) in [7, 11) is 0. The van der Waals surface area contributed by atoms with Gasteiger partial charge < -0.3 is 9.47 Å². The zero-order chi connectivity index (χ0) is 20.7. The van der Waals surface area contributed by atoms with Crippen molar-refractivity contribution in [2.45, 2.75) is 25.6 Å². The minimum Gasteiger partial charge on any atom is -0.494 e. The summed E-state index contributed by atoms with van der Waals surface area (Å²) in [6, 6.07) is 20.0. The third-order valence-corrected chi connectivity index (χ3v) is 5.64. The van der Waals surface area contributed by atoms with Gasteiger partial charge in [0.05, 0.1) is 18.4 Å². The van der Waals surface area contributed by atoms with Crippen LogP contribution in [0.1, 0.15) is 42.3 Å². The van der Waals surface area contributed by atoms with E-state index in [-0.39, 0.29) is 11.9 Å². The minimum atomic E-state index is -0.440. The van der Waals surface area contributed by atoms with Crippen LogP contribution in [-0.2, 0) is 0 Å². The van der Waals surface area contributed by atoms with Crippen molar-refractivity contribution in [1.29, 1.82) is 0 Å². The first kappa shape index (κ1) is 18.9. The van der Waals surface area contributed by atoms with Crippen LogP contribution in [0.3, 0.4) is 0 Å². The number of nitrogens with zero attached hydrogens (tertiary/aromatic N) is 2. The third-order valence-electron chi connectivity index (χ3n) is 5.41. The van der Waals surface area contributed by atoms with Gasteiger partial charge in [0.15, 0.2) is 0 Å². The number of hydrogen-bond donors (Lipinski definition) is 0. The van der Waals surface area contributed by atoms with Crippen molar-refractivity contribution >= 4 is 17.3 Å². The monoisotopic (exact) mass is 422 g/mol. The van der Waals surface area contributed by atoms with Gasteiger partial charge in [0.2, 0.25) is 6.23 Å². The van der Waals surface area contributed by atoms with E-state index in [0.717, 1.165) is 40.3 Å². The Bertz CT molecular complexity index is 1100. The van der Waals surface area contributed by atoms with Crippen molar-refractivity contribution in [3.63, 3.8) is 0 Å². The number of hydrazone groups is 1. The van der Waals surface area contributed by atoms with Crippen LogP contribution in [0.15, 0.2) is 71.8 Å². The predicted octanol–water partition coefficient (Wildman–Crippen LogP) is 6.12. The molecule has 0 amide bonds. The maximum Gasteiger partial charge on any atom is 0.213 e. The Balaban J connectivity index is 1.54. The van der Waals surface area contributed by atoms with Crippen LogP contribution in [0.2, 0.25) is 5.02 Å². The standard InChI is InChI=1S/C24H20ClFN2O2/c1-2-29-19-10-5-15(6-11-19)21-14-22-20-13-17(25)7-12-23(20)30-24(28(22)27-21)16-3-8-18(26)9-4-16/h3-13,22,24H,2,14H2,1H3/t22-,24+/m1/s1. The normalized spacial score (nSPS) is 19.6. The molecule has 2 heterocycles. The van der Waals surface area contributed by atoms with Crippen molar-refractivity contribution in [3.8, 4) is 11.5 Å². The van der Waals surface area contributed by atoms with E-state index in [1.165, 1.54) is 12.1 Å². The molecule has 5 rings (SSSR count). The molecule has 30 heavy (non-hydrogen) atoms. The molecule has 0 radical (unpaired) electrons. The van der Waals surface area contributed by atoms with E-state index < -0.39 is 6.23 Å². The first-order valence-electron chi connectivity index (χ1n) is 9.93. The van der Waals surface area contributed by atoms with Crippen molar-refractivity contribution in [1.82, 2.24) is 5.01 Å². The second-order valence-corrected chi connectivity index (χ2v) is 7.74. The molecule has 0 aromatic heterocycles. The molecule has 0 saturated heterocycles. The number of rotatable bonds is 4. The van der Waals surface area contributed by atoms with Gasteiger partial charge in [-0.05, 0) is 67.1 Å². The zero-order valence-corrected chi connectivity index (χ0v) is 17.1. The molecular weight excluding hydrogens is 403 g/mol. The molecule has 3 aromatic rings. The number of benzene rings is 3. The van der Waals surface area contributed by atoms with Gasteiger partial charge in [-0.1, -0.05) is 23.7 Å². The minimum absolute atomic E-state index is 0.0101. The Labute approximate surface area is 179 Å². The molecule has 0 saturated carbocycles. The highest BCUT2D eigenvalue weighted by molar-refractivity contribution is 6.30. The maximum absolute atomic E-state index is 13.5. The third kappa shape index (κ3) is 3.39. The van der Waals surface area contributed by atoms with E-state index in [2.05, 4.69) is 0 Å². The lowest BCUT2D eigenvalue weighted by Gasteiger charge is -2.38. The number of fused-ring (bicyclic) bond motifs is 3. The van der Waals surface area contributed by atoms with Crippen LogP contribution in [0.5, 0.6) is 11.5 Å². The van der Waals surface area contributed by atoms with Crippen molar-refractivity contribution < 1.29 is 13.9 Å². The Morgan fingerprint density at radius 1 is 1.10 bits per heavy atom. The Hall–Kier alpha value is -3.05. The lowest BCUT2D eigenvalue weighted by Crippen LogP contribution is -2.33. The molecule has 0 bridgehead atoms. The summed E-state index contributed by atoms with van der Waals surface area (Å²) in [6.07, 6.45) is 0.284. The van der Waals surface area contributed by atoms with Crippen molar-refractivity contribution in [2.24, 2.45) is 5.10 Å². The topological polar surface area (TPSA) is 34.1 Å². The van der Waals surface area contributed by atoms with Crippen LogP contribution >= 0.6 is 11.6 Å². The smallest absolute Gasteiger partial charge is 0.213 e. The highest BCUT2D eigenvalue weighted by Crippen LogP contribution is 2.48. The molecule has 3 aromatic carbocycles. The average molecular weight is 423 g/mol. The summed E-state index contributed by atoms with van der Waals surface area (Å²) in [5.74, 6) is 1.33. The summed E-state index contributed by atoms with van der Waals surface area (Å²) in [5.41, 5.74) is 3.85. The maximum atomic E-state index is 13.5. The van der Waals surface area contributed by atoms with Crippen molar-refractivity contribution in [2.75, 3.05) is 6.61 Å². The number of hydrogen-bond acceptors (Lipinski definition) is 4. The lowest BCUT2D eigenvalue weighted by molar-refractivity contribution is -0.0190. The quantitative estimate of drug-likeness (QED) is 0.508. The summed E-state index contributed by atoms with van der Waals surface area (Å²) >= 11 is 6.27. The van der Waals surface area contributed by atoms with Gasteiger partial charge in [0, 0.05) is 22.6 Å². The summed E-state index contributed by atoms with van der Waals surface area (Å²) in [4.78, 5) is 0. The van der Waals surface area contributed by atoms with Gasteiger partial charge in [-0.2, -0.15) is 5.10 Å². The first-order chi connectivity index (χ1) is 14.6.